The maximum Gasteiger partial charge on any atom is 0.319 e. The monoisotopic (exact) mass is 584 g/mol. The van der Waals surface area contributed by atoms with Crippen LogP contribution >= 0.6 is 11.3 Å². The normalized spacial score (nSPS) is 23.5. The van der Waals surface area contributed by atoms with Crippen LogP contribution in [0.15, 0.2) is 40.1 Å². The van der Waals surface area contributed by atoms with Crippen LogP contribution < -0.4 is 15.5 Å². The average Bonchev–Trinajstić information content (AvgIpc) is 3.86. The molecule has 3 aromatic rings. The fourth-order valence-corrected chi connectivity index (χ4v) is 8.12. The van der Waals surface area contributed by atoms with Crippen LogP contribution in [0.2, 0.25) is 0 Å². The predicted octanol–water partition coefficient (Wildman–Crippen LogP) is 3.11. The topological polar surface area (TPSA) is 147 Å². The van der Waals surface area contributed by atoms with Gasteiger partial charge in [0, 0.05) is 40.9 Å². The third kappa shape index (κ3) is 5.42. The number of hydrogen-bond donors (Lipinski definition) is 3. The van der Waals surface area contributed by atoms with Gasteiger partial charge in [-0.1, -0.05) is 0 Å². The van der Waals surface area contributed by atoms with E-state index >= 15 is 0 Å². The van der Waals surface area contributed by atoms with Gasteiger partial charge in [-0.25, -0.2) is 28.2 Å². The standard InChI is InChI=1S/C27H32N6O5S2/c1-16-14-39-26(28-16)40(36,37)22-11-20(22)21-12-23(33-9-10-38-13-17(33)2)31-24(30-21)18-3-5-19(6-4-18)29-25(35)32-27(15-34)7-8-27/h3-6,12,14,17,20,22,34H,7-11,13,15H2,1-2H3,(H2,29,32,35)/t17-,20?,22?/m0/s1. The summed E-state index contributed by atoms with van der Waals surface area (Å²) >= 11 is 1.16. The Labute approximate surface area is 236 Å². The van der Waals surface area contributed by atoms with Gasteiger partial charge in [0.15, 0.2) is 5.82 Å². The molecule has 1 saturated heterocycles. The summed E-state index contributed by atoms with van der Waals surface area (Å²) in [5, 5.41) is 16.3. The molecule has 2 unspecified atom stereocenters. The summed E-state index contributed by atoms with van der Waals surface area (Å²) in [7, 11) is -3.54. The SMILES string of the molecule is Cc1csc(S(=O)(=O)C2CC2c2cc(N3CCOC[C@@H]3C)nc(-c3ccc(NC(=O)NC4(CO)CC4)cc3)n2)n1. The lowest BCUT2D eigenvalue weighted by Crippen LogP contribution is -2.44. The van der Waals surface area contributed by atoms with Gasteiger partial charge >= 0.3 is 6.03 Å². The Kier molecular flexibility index (Phi) is 7.01. The number of aliphatic hydroxyl groups excluding tert-OH is 1. The molecule has 2 aliphatic carbocycles. The minimum absolute atomic E-state index is 0.0796. The molecule has 3 atom stereocenters. The van der Waals surface area contributed by atoms with Gasteiger partial charge in [-0.05, 0) is 57.4 Å². The first-order valence-electron chi connectivity index (χ1n) is 13.4. The number of thiazole rings is 1. The molecule has 2 aromatic heterocycles. The summed E-state index contributed by atoms with van der Waals surface area (Å²) in [6, 6.07) is 8.87. The highest BCUT2D eigenvalue weighted by molar-refractivity contribution is 7.94. The molecule has 3 N–H and O–H groups in total. The Hall–Kier alpha value is -3.13. The number of amides is 2. The molecule has 1 aromatic carbocycles. The van der Waals surface area contributed by atoms with Crippen LogP contribution in [0.4, 0.5) is 16.3 Å². The fraction of sp³-hybridized carbons (Fsp3) is 0.481. The number of aromatic nitrogens is 3. The van der Waals surface area contributed by atoms with Gasteiger partial charge in [-0.15, -0.1) is 11.3 Å². The van der Waals surface area contributed by atoms with Crippen LogP contribution in [0.1, 0.15) is 43.5 Å². The van der Waals surface area contributed by atoms with E-state index in [4.69, 9.17) is 14.7 Å². The molecule has 40 heavy (non-hydrogen) atoms. The predicted molar refractivity (Wildman–Crippen MR) is 151 cm³/mol. The van der Waals surface area contributed by atoms with Crippen LogP contribution in [0.3, 0.4) is 0 Å². The van der Waals surface area contributed by atoms with Crippen LogP contribution in [0.25, 0.3) is 11.4 Å². The van der Waals surface area contributed by atoms with Gasteiger partial charge in [0.1, 0.15) is 5.82 Å². The first kappa shape index (κ1) is 27.1. The Morgan fingerprint density at radius 1 is 1.23 bits per heavy atom. The number of urea groups is 1. The molecule has 212 valence electrons. The van der Waals surface area contributed by atoms with Crippen molar-refractivity contribution < 1.29 is 23.1 Å². The zero-order valence-corrected chi connectivity index (χ0v) is 24.0. The average molecular weight is 585 g/mol. The molecule has 0 radical (unpaired) electrons. The second kappa shape index (κ2) is 10.4. The van der Waals surface area contributed by atoms with E-state index in [1.54, 1.807) is 24.4 Å². The lowest BCUT2D eigenvalue weighted by molar-refractivity contribution is 0.0985. The van der Waals surface area contributed by atoms with Gasteiger partial charge in [0.2, 0.25) is 14.2 Å². The van der Waals surface area contributed by atoms with E-state index in [1.807, 2.05) is 18.2 Å². The number of anilines is 2. The summed E-state index contributed by atoms with van der Waals surface area (Å²) in [5.74, 6) is 0.994. The Bertz CT molecular complexity index is 1520. The molecule has 0 spiro atoms. The van der Waals surface area contributed by atoms with Crippen LogP contribution in [-0.4, -0.2) is 77.7 Å². The van der Waals surface area contributed by atoms with E-state index < -0.39 is 20.6 Å². The fourth-order valence-electron chi connectivity index (χ4n) is 4.98. The lowest BCUT2D eigenvalue weighted by atomic mass is 10.1. The molecule has 3 aliphatic rings. The van der Waals surface area contributed by atoms with Crippen molar-refractivity contribution in [2.24, 2.45) is 0 Å². The summed E-state index contributed by atoms with van der Waals surface area (Å²) in [4.78, 5) is 28.4. The van der Waals surface area contributed by atoms with Gasteiger partial charge in [-0.2, -0.15) is 0 Å². The van der Waals surface area contributed by atoms with Crippen LogP contribution in [0, 0.1) is 6.92 Å². The van der Waals surface area contributed by atoms with E-state index in [0.717, 1.165) is 35.6 Å². The van der Waals surface area contributed by atoms with Crippen molar-refractivity contribution in [3.8, 4) is 11.4 Å². The Morgan fingerprint density at radius 2 is 2.00 bits per heavy atom. The highest BCUT2D eigenvalue weighted by Crippen LogP contribution is 2.48. The largest absolute Gasteiger partial charge is 0.394 e. The van der Waals surface area contributed by atoms with Crippen molar-refractivity contribution in [3.05, 3.63) is 47.1 Å². The molecule has 2 saturated carbocycles. The van der Waals surface area contributed by atoms with Crippen molar-refractivity contribution in [2.45, 2.75) is 60.2 Å². The number of rotatable bonds is 8. The number of hydrogen-bond acceptors (Lipinski definition) is 10. The zero-order chi connectivity index (χ0) is 28.1. The van der Waals surface area contributed by atoms with Gasteiger partial charge in [0.05, 0.1) is 42.3 Å². The van der Waals surface area contributed by atoms with E-state index in [1.165, 1.54) is 0 Å². The van der Waals surface area contributed by atoms with Crippen molar-refractivity contribution in [1.29, 1.82) is 0 Å². The number of ether oxygens (including phenoxy) is 1. The second-order valence-corrected chi connectivity index (χ2v) is 14.1. The number of morpholine rings is 1. The van der Waals surface area contributed by atoms with Gasteiger partial charge in [0.25, 0.3) is 0 Å². The van der Waals surface area contributed by atoms with Crippen molar-refractivity contribution >= 4 is 38.7 Å². The Morgan fingerprint density at radius 3 is 2.65 bits per heavy atom. The first-order valence-corrected chi connectivity index (χ1v) is 15.8. The quantitative estimate of drug-likeness (QED) is 0.363. The number of carbonyl (C=O) groups is 1. The number of benzene rings is 1. The number of aryl methyl sites for hydroxylation is 1. The molecule has 1 aliphatic heterocycles. The second-order valence-electron chi connectivity index (χ2n) is 10.9. The van der Waals surface area contributed by atoms with E-state index in [9.17, 15) is 18.3 Å². The van der Waals surface area contributed by atoms with Crippen LogP contribution in [0.5, 0.6) is 0 Å². The maximum absolute atomic E-state index is 13.2. The minimum atomic E-state index is -3.54. The molecule has 3 heterocycles. The number of carbonyl (C=O) groups excluding carboxylic acids is 1. The maximum atomic E-state index is 13.2. The molecular weight excluding hydrogens is 552 g/mol. The highest BCUT2D eigenvalue weighted by atomic mass is 32.2. The molecule has 3 fully saturated rings. The van der Waals surface area contributed by atoms with E-state index in [2.05, 4.69) is 27.4 Å². The summed E-state index contributed by atoms with van der Waals surface area (Å²) in [5.41, 5.74) is 2.24. The summed E-state index contributed by atoms with van der Waals surface area (Å²) < 4.78 is 32.3. The van der Waals surface area contributed by atoms with Crippen LogP contribution in [-0.2, 0) is 14.6 Å². The molecular formula is C27H32N6O5S2. The number of nitrogens with zero attached hydrogens (tertiary/aromatic N) is 4. The third-order valence-corrected chi connectivity index (χ3v) is 11.3. The number of nitrogens with one attached hydrogen (secondary N) is 2. The molecule has 0 bridgehead atoms. The van der Waals surface area contributed by atoms with Gasteiger partial charge in [-0.3, -0.25) is 0 Å². The van der Waals surface area contributed by atoms with E-state index in [-0.39, 0.29) is 28.9 Å². The molecule has 13 heteroatoms. The van der Waals surface area contributed by atoms with Crippen molar-refractivity contribution in [1.82, 2.24) is 20.3 Å². The van der Waals surface area contributed by atoms with Crippen molar-refractivity contribution in [2.75, 3.05) is 36.6 Å². The first-order chi connectivity index (χ1) is 19.2. The minimum Gasteiger partial charge on any atom is -0.394 e. The number of aliphatic hydroxyl groups is 1. The molecule has 11 nitrogen and oxygen atoms in total. The lowest BCUT2D eigenvalue weighted by Gasteiger charge is -2.34. The molecule has 2 amide bonds. The van der Waals surface area contributed by atoms with Crippen molar-refractivity contribution in [3.63, 3.8) is 0 Å². The molecule has 6 rings (SSSR count). The third-order valence-electron chi connectivity index (χ3n) is 7.68. The number of sulfone groups is 1. The highest BCUT2D eigenvalue weighted by Gasteiger charge is 2.51. The summed E-state index contributed by atoms with van der Waals surface area (Å²) in [6.07, 6.45) is 2.02. The van der Waals surface area contributed by atoms with E-state index in [0.29, 0.717) is 49.1 Å². The smallest absolute Gasteiger partial charge is 0.319 e. The summed E-state index contributed by atoms with van der Waals surface area (Å²) in [6.45, 7) is 5.63. The zero-order valence-electron chi connectivity index (χ0n) is 22.3. The Balaban J connectivity index is 1.27. The van der Waals surface area contributed by atoms with Gasteiger partial charge < -0.3 is 25.4 Å².